The van der Waals surface area contributed by atoms with Crippen LogP contribution < -0.4 is 5.73 Å². The van der Waals surface area contributed by atoms with Crippen LogP contribution in [0.1, 0.15) is 25.0 Å². The Morgan fingerprint density at radius 3 is 2.26 bits per heavy atom. The van der Waals surface area contributed by atoms with Crippen LogP contribution in [0, 0.1) is 11.6 Å². The Kier molecular flexibility index (Phi) is 3.84. The number of nitrogens with two attached hydrogens (primary N) is 1. The van der Waals surface area contributed by atoms with E-state index in [0.29, 0.717) is 0 Å². The molecule has 0 aliphatic rings. The Labute approximate surface area is 112 Å². The summed E-state index contributed by atoms with van der Waals surface area (Å²) in [5, 5.41) is 0. The normalized spacial score (nSPS) is 10.7. The molecule has 0 saturated heterocycles. The molecule has 0 amide bonds. The molecule has 3 heteroatoms. The molecule has 0 spiro atoms. The number of rotatable bonds is 3. The fourth-order valence-corrected chi connectivity index (χ4v) is 2.17. The lowest BCUT2D eigenvalue weighted by molar-refractivity contribution is 0.607. The van der Waals surface area contributed by atoms with Gasteiger partial charge in [0.1, 0.15) is 11.6 Å². The summed E-state index contributed by atoms with van der Waals surface area (Å²) in [6.45, 7) is 4.03. The average Bonchev–Trinajstić information content (AvgIpc) is 2.42. The topological polar surface area (TPSA) is 26.0 Å². The summed E-state index contributed by atoms with van der Waals surface area (Å²) >= 11 is 0. The number of hydrogen-bond acceptors (Lipinski definition) is 1. The lowest BCUT2D eigenvalue weighted by atomic mass is 9.94. The van der Waals surface area contributed by atoms with Crippen molar-refractivity contribution in [1.29, 1.82) is 0 Å². The molecule has 0 fully saturated rings. The highest BCUT2D eigenvalue weighted by molar-refractivity contribution is 5.70. The van der Waals surface area contributed by atoms with E-state index in [1.165, 1.54) is 6.07 Å². The summed E-state index contributed by atoms with van der Waals surface area (Å²) in [7, 11) is 0. The highest BCUT2D eigenvalue weighted by Gasteiger charge is 2.13. The Morgan fingerprint density at radius 1 is 0.895 bits per heavy atom. The van der Waals surface area contributed by atoms with E-state index in [4.69, 9.17) is 5.73 Å². The molecular formula is C16H17F2N. The Hall–Kier alpha value is -1.90. The standard InChI is InChI=1S/C16H17F2N/c1-3-10-5-6-11(4-2)12(7-10)13-8-15(18)16(19)9-14(13)17/h5-9H,3-4,19H2,1-2H3. The highest BCUT2D eigenvalue weighted by atomic mass is 19.1. The fourth-order valence-electron chi connectivity index (χ4n) is 2.17. The van der Waals surface area contributed by atoms with E-state index in [0.717, 1.165) is 35.6 Å². The molecule has 2 aromatic rings. The first-order chi connectivity index (χ1) is 9.06. The summed E-state index contributed by atoms with van der Waals surface area (Å²) in [5.41, 5.74) is 8.34. The maximum absolute atomic E-state index is 14.0. The first kappa shape index (κ1) is 13.5. The number of nitrogen functional groups attached to an aromatic ring is 1. The van der Waals surface area contributed by atoms with E-state index < -0.39 is 11.6 Å². The number of halogens is 2. The van der Waals surface area contributed by atoms with Crippen molar-refractivity contribution in [3.8, 4) is 11.1 Å². The second kappa shape index (κ2) is 5.39. The van der Waals surface area contributed by atoms with Gasteiger partial charge < -0.3 is 5.73 Å². The molecule has 2 N–H and O–H groups in total. The molecule has 0 aliphatic carbocycles. The van der Waals surface area contributed by atoms with E-state index >= 15 is 0 Å². The van der Waals surface area contributed by atoms with Gasteiger partial charge in [-0.1, -0.05) is 32.0 Å². The van der Waals surface area contributed by atoms with Crippen LogP contribution in [0.5, 0.6) is 0 Å². The molecule has 0 radical (unpaired) electrons. The van der Waals surface area contributed by atoms with Crippen molar-refractivity contribution in [3.05, 3.63) is 53.1 Å². The minimum absolute atomic E-state index is 0.161. The molecule has 0 aliphatic heterocycles. The predicted molar refractivity (Wildman–Crippen MR) is 75.0 cm³/mol. The Morgan fingerprint density at radius 2 is 1.63 bits per heavy atom. The quantitative estimate of drug-likeness (QED) is 0.817. The summed E-state index contributed by atoms with van der Waals surface area (Å²) < 4.78 is 27.6. The van der Waals surface area contributed by atoms with Crippen molar-refractivity contribution in [2.24, 2.45) is 0 Å². The van der Waals surface area contributed by atoms with Crippen LogP contribution in [0.4, 0.5) is 14.5 Å². The number of anilines is 1. The van der Waals surface area contributed by atoms with E-state index in [9.17, 15) is 8.78 Å². The van der Waals surface area contributed by atoms with Crippen LogP contribution in [0.2, 0.25) is 0 Å². The first-order valence-electron chi connectivity index (χ1n) is 6.43. The zero-order valence-corrected chi connectivity index (χ0v) is 11.1. The van der Waals surface area contributed by atoms with Crippen LogP contribution in [-0.4, -0.2) is 0 Å². The number of benzene rings is 2. The zero-order valence-electron chi connectivity index (χ0n) is 11.1. The van der Waals surface area contributed by atoms with Crippen LogP contribution in [0.3, 0.4) is 0 Å². The largest absolute Gasteiger partial charge is 0.396 e. The van der Waals surface area contributed by atoms with E-state index in [-0.39, 0.29) is 11.3 Å². The second-order valence-corrected chi connectivity index (χ2v) is 4.55. The summed E-state index contributed by atoms with van der Waals surface area (Å²) in [6, 6.07) is 8.14. The number of hydrogen-bond donors (Lipinski definition) is 1. The van der Waals surface area contributed by atoms with E-state index in [1.54, 1.807) is 0 Å². The average molecular weight is 261 g/mol. The fraction of sp³-hybridized carbons (Fsp3) is 0.250. The molecule has 0 heterocycles. The summed E-state index contributed by atoms with van der Waals surface area (Å²) in [5.74, 6) is -1.07. The molecule has 100 valence electrons. The lowest BCUT2D eigenvalue weighted by Gasteiger charge is -2.12. The van der Waals surface area contributed by atoms with Gasteiger partial charge in [-0.2, -0.15) is 0 Å². The third-order valence-corrected chi connectivity index (χ3v) is 3.34. The van der Waals surface area contributed by atoms with Crippen molar-refractivity contribution in [1.82, 2.24) is 0 Å². The molecular weight excluding hydrogens is 244 g/mol. The molecule has 2 rings (SSSR count). The van der Waals surface area contributed by atoms with Crippen molar-refractivity contribution < 1.29 is 8.78 Å². The molecule has 2 aromatic carbocycles. The second-order valence-electron chi connectivity index (χ2n) is 4.55. The maximum Gasteiger partial charge on any atom is 0.146 e. The van der Waals surface area contributed by atoms with Gasteiger partial charge in [-0.3, -0.25) is 0 Å². The van der Waals surface area contributed by atoms with Gasteiger partial charge >= 0.3 is 0 Å². The van der Waals surface area contributed by atoms with Gasteiger partial charge in [0.25, 0.3) is 0 Å². The molecule has 0 bridgehead atoms. The molecule has 0 atom stereocenters. The van der Waals surface area contributed by atoms with Crippen molar-refractivity contribution in [2.75, 3.05) is 5.73 Å². The van der Waals surface area contributed by atoms with Crippen molar-refractivity contribution in [2.45, 2.75) is 26.7 Å². The zero-order chi connectivity index (χ0) is 14.0. The smallest absolute Gasteiger partial charge is 0.146 e. The minimum Gasteiger partial charge on any atom is -0.396 e. The van der Waals surface area contributed by atoms with E-state index in [1.807, 2.05) is 32.0 Å². The van der Waals surface area contributed by atoms with Crippen molar-refractivity contribution in [3.63, 3.8) is 0 Å². The van der Waals surface area contributed by atoms with Gasteiger partial charge in [-0.05, 0) is 35.6 Å². The monoisotopic (exact) mass is 261 g/mol. The molecule has 1 nitrogen and oxygen atoms in total. The van der Waals surface area contributed by atoms with Gasteiger partial charge in [-0.25, -0.2) is 8.78 Å². The minimum atomic E-state index is -0.583. The predicted octanol–water partition coefficient (Wildman–Crippen LogP) is 4.34. The van der Waals surface area contributed by atoms with E-state index in [2.05, 4.69) is 0 Å². The van der Waals surface area contributed by atoms with Crippen molar-refractivity contribution >= 4 is 5.69 Å². The van der Waals surface area contributed by atoms with Crippen LogP contribution in [-0.2, 0) is 12.8 Å². The van der Waals surface area contributed by atoms with Crippen LogP contribution in [0.15, 0.2) is 30.3 Å². The van der Waals surface area contributed by atoms with Gasteiger partial charge in [0.15, 0.2) is 0 Å². The van der Waals surface area contributed by atoms with Gasteiger partial charge in [0, 0.05) is 11.6 Å². The Bertz CT molecular complexity index is 606. The molecule has 0 aromatic heterocycles. The SMILES string of the molecule is CCc1ccc(CC)c(-c2cc(F)c(N)cc2F)c1. The summed E-state index contributed by atoms with van der Waals surface area (Å²) in [4.78, 5) is 0. The van der Waals surface area contributed by atoms with Gasteiger partial charge in [0.05, 0.1) is 5.69 Å². The third kappa shape index (κ3) is 2.60. The molecule has 0 unspecified atom stereocenters. The number of aryl methyl sites for hydroxylation is 2. The maximum atomic E-state index is 14.0. The first-order valence-corrected chi connectivity index (χ1v) is 6.43. The van der Waals surface area contributed by atoms with Crippen LogP contribution in [0.25, 0.3) is 11.1 Å². The highest BCUT2D eigenvalue weighted by Crippen LogP contribution is 2.30. The lowest BCUT2D eigenvalue weighted by Crippen LogP contribution is -1.97. The summed E-state index contributed by atoms with van der Waals surface area (Å²) in [6.07, 6.45) is 1.63. The third-order valence-electron chi connectivity index (χ3n) is 3.34. The molecule has 0 saturated carbocycles. The van der Waals surface area contributed by atoms with Crippen LogP contribution >= 0.6 is 0 Å². The van der Waals surface area contributed by atoms with Gasteiger partial charge in [-0.15, -0.1) is 0 Å². The van der Waals surface area contributed by atoms with Gasteiger partial charge in [0.2, 0.25) is 0 Å². The molecule has 19 heavy (non-hydrogen) atoms. The Balaban J connectivity index is 2.66.